The first-order chi connectivity index (χ1) is 13.5. The van der Waals surface area contributed by atoms with E-state index in [1.54, 1.807) is 0 Å². The van der Waals surface area contributed by atoms with Gasteiger partial charge in [-0.25, -0.2) is 15.0 Å². The molecule has 0 bridgehead atoms. The van der Waals surface area contributed by atoms with Crippen LogP contribution in [0.5, 0.6) is 5.88 Å². The molecule has 1 N–H and O–H groups in total. The minimum Gasteiger partial charge on any atom is -0.478 e. The molecule has 0 aliphatic heterocycles. The van der Waals surface area contributed by atoms with Gasteiger partial charge in [-0.05, 0) is 32.8 Å². The van der Waals surface area contributed by atoms with Gasteiger partial charge in [0.2, 0.25) is 5.88 Å². The van der Waals surface area contributed by atoms with Crippen molar-refractivity contribution in [3.05, 3.63) is 35.3 Å². The van der Waals surface area contributed by atoms with Crippen molar-refractivity contribution in [2.75, 3.05) is 13.2 Å². The average Bonchev–Trinajstić information content (AvgIpc) is 3.01. The second-order valence-electron chi connectivity index (χ2n) is 7.12. The van der Waals surface area contributed by atoms with Crippen molar-refractivity contribution in [2.24, 2.45) is 7.05 Å². The highest BCUT2D eigenvalue weighted by Gasteiger charge is 2.21. The maximum absolute atomic E-state index is 9.84. The molecule has 3 rings (SSSR count). The SMILES string of the molecule is CCC[C@@H](CO)c1cn(C)c2nc(-c3ccc(OCC)nc3CC)c(C)nc12. The summed E-state index contributed by atoms with van der Waals surface area (Å²) in [6.07, 6.45) is 4.79. The molecule has 28 heavy (non-hydrogen) atoms. The minimum absolute atomic E-state index is 0.0894. The summed E-state index contributed by atoms with van der Waals surface area (Å²) in [7, 11) is 1.98. The van der Waals surface area contributed by atoms with Crippen LogP contribution < -0.4 is 4.74 Å². The normalized spacial score (nSPS) is 12.5. The molecule has 0 fully saturated rings. The topological polar surface area (TPSA) is 73.1 Å². The summed E-state index contributed by atoms with van der Waals surface area (Å²) in [5, 5.41) is 9.84. The Kier molecular flexibility index (Phi) is 6.29. The van der Waals surface area contributed by atoms with Gasteiger partial charge in [0.05, 0.1) is 30.3 Å². The summed E-state index contributed by atoms with van der Waals surface area (Å²) >= 11 is 0. The van der Waals surface area contributed by atoms with E-state index in [9.17, 15) is 5.11 Å². The molecule has 0 spiro atoms. The predicted octanol–water partition coefficient (Wildman–Crippen LogP) is 4.18. The fourth-order valence-corrected chi connectivity index (χ4v) is 3.72. The summed E-state index contributed by atoms with van der Waals surface area (Å²) in [5.41, 5.74) is 6.46. The third-order valence-corrected chi connectivity index (χ3v) is 5.12. The first-order valence-corrected chi connectivity index (χ1v) is 10.1. The molecule has 3 aromatic heterocycles. The molecule has 3 aromatic rings. The van der Waals surface area contributed by atoms with Gasteiger partial charge in [-0.1, -0.05) is 20.3 Å². The van der Waals surface area contributed by atoms with Crippen LogP contribution in [0.15, 0.2) is 18.3 Å². The molecule has 0 radical (unpaired) electrons. The van der Waals surface area contributed by atoms with E-state index in [4.69, 9.17) is 14.7 Å². The van der Waals surface area contributed by atoms with E-state index in [2.05, 4.69) is 25.0 Å². The molecular formula is C22H30N4O2. The summed E-state index contributed by atoms with van der Waals surface area (Å²) in [6, 6.07) is 3.92. The zero-order chi connectivity index (χ0) is 20.3. The van der Waals surface area contributed by atoms with Crippen LogP contribution in [0.4, 0.5) is 0 Å². The zero-order valence-corrected chi connectivity index (χ0v) is 17.5. The predicted molar refractivity (Wildman–Crippen MR) is 112 cm³/mol. The fraction of sp³-hybridized carbons (Fsp3) is 0.500. The van der Waals surface area contributed by atoms with E-state index in [1.807, 2.05) is 37.6 Å². The van der Waals surface area contributed by atoms with Gasteiger partial charge in [-0.15, -0.1) is 0 Å². The molecule has 0 unspecified atom stereocenters. The van der Waals surface area contributed by atoms with Gasteiger partial charge < -0.3 is 14.4 Å². The van der Waals surface area contributed by atoms with Crippen LogP contribution in [-0.4, -0.2) is 37.8 Å². The number of aliphatic hydroxyl groups is 1. The molecule has 0 saturated heterocycles. The van der Waals surface area contributed by atoms with Gasteiger partial charge in [-0.2, -0.15) is 0 Å². The minimum atomic E-state index is 0.0894. The molecule has 150 valence electrons. The lowest BCUT2D eigenvalue weighted by Gasteiger charge is -2.13. The van der Waals surface area contributed by atoms with Crippen molar-refractivity contribution in [1.29, 1.82) is 0 Å². The molecule has 3 heterocycles. The first-order valence-electron chi connectivity index (χ1n) is 10.1. The lowest BCUT2D eigenvalue weighted by molar-refractivity contribution is 0.259. The van der Waals surface area contributed by atoms with Crippen molar-refractivity contribution in [3.8, 4) is 17.1 Å². The number of nitrogens with zero attached hydrogens (tertiary/aromatic N) is 4. The van der Waals surface area contributed by atoms with Crippen molar-refractivity contribution in [2.45, 2.75) is 52.9 Å². The molecule has 1 atom stereocenters. The number of hydrogen-bond donors (Lipinski definition) is 1. The Morgan fingerprint density at radius 3 is 2.57 bits per heavy atom. The highest BCUT2D eigenvalue weighted by atomic mass is 16.5. The van der Waals surface area contributed by atoms with Gasteiger partial charge in [-0.3, -0.25) is 0 Å². The van der Waals surface area contributed by atoms with Crippen LogP contribution in [0.1, 0.15) is 56.5 Å². The lowest BCUT2D eigenvalue weighted by atomic mass is 9.97. The largest absolute Gasteiger partial charge is 0.478 e. The zero-order valence-electron chi connectivity index (χ0n) is 17.5. The van der Waals surface area contributed by atoms with Gasteiger partial charge in [0.15, 0.2) is 5.65 Å². The molecule has 0 aliphatic rings. The van der Waals surface area contributed by atoms with Crippen LogP contribution in [0.2, 0.25) is 0 Å². The fourth-order valence-electron chi connectivity index (χ4n) is 3.72. The Bertz CT molecular complexity index is 965. The third-order valence-electron chi connectivity index (χ3n) is 5.12. The number of fused-ring (bicyclic) bond motifs is 1. The number of ether oxygens (including phenoxy) is 1. The molecule has 0 aliphatic carbocycles. The molecule has 6 nitrogen and oxygen atoms in total. The van der Waals surface area contributed by atoms with Crippen molar-refractivity contribution < 1.29 is 9.84 Å². The molecule has 0 amide bonds. The average molecular weight is 383 g/mol. The number of hydrogen-bond acceptors (Lipinski definition) is 5. The van der Waals surface area contributed by atoms with Gasteiger partial charge in [0.25, 0.3) is 0 Å². The quantitative estimate of drug-likeness (QED) is 0.633. The van der Waals surface area contributed by atoms with Crippen LogP contribution in [0.25, 0.3) is 22.4 Å². The number of rotatable bonds is 8. The van der Waals surface area contributed by atoms with Crippen LogP contribution in [0, 0.1) is 6.92 Å². The lowest BCUT2D eigenvalue weighted by Crippen LogP contribution is -2.05. The third kappa shape index (κ3) is 3.74. The summed E-state index contributed by atoms with van der Waals surface area (Å²) in [6.45, 7) is 8.88. The van der Waals surface area contributed by atoms with Crippen molar-refractivity contribution in [3.63, 3.8) is 0 Å². The highest BCUT2D eigenvalue weighted by molar-refractivity contribution is 5.80. The molecule has 6 heteroatoms. The number of aliphatic hydroxyl groups excluding tert-OH is 1. The Morgan fingerprint density at radius 1 is 1.14 bits per heavy atom. The van der Waals surface area contributed by atoms with Crippen molar-refractivity contribution >= 4 is 11.2 Å². The summed E-state index contributed by atoms with van der Waals surface area (Å²) < 4.78 is 7.56. The standard InChI is InChI=1S/C22H30N4O2/c1-6-9-15(13-27)17-12-26(5)22-21(17)23-14(4)20(25-22)16-10-11-19(28-8-3)24-18(16)7-2/h10-12,15,27H,6-9,13H2,1-5H3/t15-/m0/s1. The van der Waals surface area contributed by atoms with Gasteiger partial charge in [0.1, 0.15) is 5.52 Å². The summed E-state index contributed by atoms with van der Waals surface area (Å²) in [5.74, 6) is 0.730. The van der Waals surface area contributed by atoms with Crippen LogP contribution >= 0.6 is 0 Å². The first kappa shape index (κ1) is 20.3. The van der Waals surface area contributed by atoms with E-state index >= 15 is 0 Å². The van der Waals surface area contributed by atoms with E-state index in [0.29, 0.717) is 12.5 Å². The Morgan fingerprint density at radius 2 is 1.93 bits per heavy atom. The van der Waals surface area contributed by atoms with Crippen molar-refractivity contribution in [1.82, 2.24) is 19.5 Å². The monoisotopic (exact) mass is 382 g/mol. The second kappa shape index (κ2) is 8.69. The smallest absolute Gasteiger partial charge is 0.213 e. The molecular weight excluding hydrogens is 352 g/mol. The van der Waals surface area contributed by atoms with Gasteiger partial charge in [0, 0.05) is 36.4 Å². The number of pyridine rings is 1. The molecule has 0 saturated carbocycles. The number of aromatic nitrogens is 4. The number of aryl methyl sites for hydroxylation is 3. The van der Waals surface area contributed by atoms with E-state index in [-0.39, 0.29) is 12.5 Å². The maximum Gasteiger partial charge on any atom is 0.213 e. The van der Waals surface area contributed by atoms with Crippen LogP contribution in [0.3, 0.4) is 0 Å². The summed E-state index contributed by atoms with van der Waals surface area (Å²) in [4.78, 5) is 14.5. The van der Waals surface area contributed by atoms with E-state index in [1.165, 1.54) is 0 Å². The Labute approximate surface area is 166 Å². The second-order valence-corrected chi connectivity index (χ2v) is 7.12. The Balaban J connectivity index is 2.14. The molecule has 0 aromatic carbocycles. The Hall–Kier alpha value is -2.47. The maximum atomic E-state index is 9.84. The van der Waals surface area contributed by atoms with Crippen LogP contribution in [-0.2, 0) is 13.5 Å². The van der Waals surface area contributed by atoms with E-state index < -0.39 is 0 Å². The highest BCUT2D eigenvalue weighted by Crippen LogP contribution is 2.32. The van der Waals surface area contributed by atoms with E-state index in [0.717, 1.165) is 58.6 Å². The van der Waals surface area contributed by atoms with Gasteiger partial charge >= 0.3 is 0 Å².